The van der Waals surface area contributed by atoms with Gasteiger partial charge in [-0.3, -0.25) is 10.1 Å². The molecule has 0 saturated carbocycles. The fourth-order valence-electron chi connectivity index (χ4n) is 1.01. The second kappa shape index (κ2) is 6.47. The second-order valence-corrected chi connectivity index (χ2v) is 7.98. The molecule has 0 aliphatic rings. The van der Waals surface area contributed by atoms with Crippen LogP contribution in [0.5, 0.6) is 0 Å². The number of alkyl halides is 3. The molecule has 6 nitrogen and oxygen atoms in total. The van der Waals surface area contributed by atoms with Crippen LogP contribution in [0.2, 0.25) is 4.34 Å². The Morgan fingerprint density at radius 3 is 2.55 bits per heavy atom. The molecule has 0 amide bonds. The van der Waals surface area contributed by atoms with Gasteiger partial charge in [-0.05, 0) is 11.8 Å². The first-order valence-electron chi connectivity index (χ1n) is 4.67. The summed E-state index contributed by atoms with van der Waals surface area (Å²) in [7, 11) is -4.11. The van der Waals surface area contributed by atoms with Crippen molar-refractivity contribution in [2.75, 3.05) is 12.3 Å². The minimum absolute atomic E-state index is 0.319. The van der Waals surface area contributed by atoms with Gasteiger partial charge in [-0.15, -0.1) is 11.3 Å². The lowest BCUT2D eigenvalue weighted by Gasteiger charge is -2.06. The summed E-state index contributed by atoms with van der Waals surface area (Å²) in [6.45, 7) is -0.462. The third-order valence-electron chi connectivity index (χ3n) is 1.77. The van der Waals surface area contributed by atoms with Gasteiger partial charge in [-0.25, -0.2) is 13.1 Å². The summed E-state index contributed by atoms with van der Waals surface area (Å²) in [5, 5.41) is 10.5. The van der Waals surface area contributed by atoms with Crippen molar-refractivity contribution < 1.29 is 26.5 Å². The van der Waals surface area contributed by atoms with Crippen molar-refractivity contribution in [3.8, 4) is 0 Å². The minimum atomic E-state index is -4.45. The van der Waals surface area contributed by atoms with Crippen LogP contribution in [0.4, 0.5) is 18.9 Å². The molecule has 0 aromatic carbocycles. The maximum atomic E-state index is 11.8. The Morgan fingerprint density at radius 1 is 1.50 bits per heavy atom. The molecular formula is C7H6ClF3N2O4S3. The molecule has 0 radical (unpaired) electrons. The highest BCUT2D eigenvalue weighted by Crippen LogP contribution is 2.36. The van der Waals surface area contributed by atoms with Crippen molar-refractivity contribution in [2.45, 2.75) is 9.72 Å². The molecule has 1 rings (SSSR count). The van der Waals surface area contributed by atoms with Gasteiger partial charge in [0.25, 0.3) is 5.69 Å². The SMILES string of the molecule is O=[N+]([O-])c1cc(S(=O)(=O)NCCSC(F)(F)F)sc1Cl. The van der Waals surface area contributed by atoms with E-state index in [2.05, 4.69) is 0 Å². The lowest BCUT2D eigenvalue weighted by Crippen LogP contribution is -2.26. The quantitative estimate of drug-likeness (QED) is 0.472. The van der Waals surface area contributed by atoms with Crippen LogP contribution >= 0.6 is 34.7 Å². The van der Waals surface area contributed by atoms with Gasteiger partial charge in [0, 0.05) is 18.4 Å². The Labute approximate surface area is 124 Å². The standard InChI is InChI=1S/C7H6ClF3N2O4S3/c8-6-4(13(14)15)3-5(19-6)20(16,17)12-1-2-18-7(9,10)11/h3,12H,1-2H2. The van der Waals surface area contributed by atoms with Crippen molar-refractivity contribution in [2.24, 2.45) is 0 Å². The molecule has 0 atom stereocenters. The first kappa shape index (κ1) is 17.5. The highest BCUT2D eigenvalue weighted by atomic mass is 35.5. The van der Waals surface area contributed by atoms with E-state index >= 15 is 0 Å². The van der Waals surface area contributed by atoms with Crippen molar-refractivity contribution in [1.82, 2.24) is 4.72 Å². The smallest absolute Gasteiger partial charge is 0.258 e. The zero-order chi connectivity index (χ0) is 15.6. The van der Waals surface area contributed by atoms with Crippen molar-refractivity contribution in [3.63, 3.8) is 0 Å². The highest BCUT2D eigenvalue weighted by molar-refractivity contribution is 8.00. The van der Waals surface area contributed by atoms with Crippen LogP contribution < -0.4 is 4.72 Å². The Bertz CT molecular complexity index is 601. The topological polar surface area (TPSA) is 89.3 Å². The van der Waals surface area contributed by atoms with Gasteiger partial charge in [-0.2, -0.15) is 13.2 Å². The maximum Gasteiger partial charge on any atom is 0.441 e. The number of rotatable bonds is 6. The first-order valence-corrected chi connectivity index (χ1v) is 8.33. The number of nitrogens with zero attached hydrogens (tertiary/aromatic N) is 1. The number of thiophene rings is 1. The summed E-state index contributed by atoms with van der Waals surface area (Å²) < 4.78 is 60.0. The van der Waals surface area contributed by atoms with Crippen LogP contribution in [0.25, 0.3) is 0 Å². The lowest BCUT2D eigenvalue weighted by molar-refractivity contribution is -0.384. The summed E-state index contributed by atoms with van der Waals surface area (Å²) in [5.41, 5.74) is -5.02. The largest absolute Gasteiger partial charge is 0.441 e. The van der Waals surface area contributed by atoms with Crippen LogP contribution in [-0.4, -0.2) is 31.1 Å². The van der Waals surface area contributed by atoms with E-state index in [-0.39, 0.29) is 16.1 Å². The average molecular weight is 371 g/mol. The lowest BCUT2D eigenvalue weighted by atomic mass is 10.6. The fourth-order valence-corrected chi connectivity index (χ4v) is 4.31. The molecule has 20 heavy (non-hydrogen) atoms. The van der Waals surface area contributed by atoms with Gasteiger partial charge in [0.1, 0.15) is 4.21 Å². The van der Waals surface area contributed by atoms with E-state index in [1.54, 1.807) is 0 Å². The number of hydrogen-bond acceptors (Lipinski definition) is 6. The Hall–Kier alpha value is -0.560. The number of hydrogen-bond donors (Lipinski definition) is 1. The first-order chi connectivity index (χ1) is 9.03. The fraction of sp³-hybridized carbons (Fsp3) is 0.429. The number of nitrogens with one attached hydrogen (secondary N) is 1. The monoisotopic (exact) mass is 370 g/mol. The molecule has 13 heteroatoms. The van der Waals surface area contributed by atoms with Crippen molar-refractivity contribution in [3.05, 3.63) is 20.5 Å². The Balaban J connectivity index is 2.70. The summed E-state index contributed by atoms with van der Waals surface area (Å²) >= 11 is 5.58. The third-order valence-corrected chi connectivity index (χ3v) is 5.78. The zero-order valence-electron chi connectivity index (χ0n) is 9.31. The Kier molecular flexibility index (Phi) is 5.66. The number of nitro groups is 1. The van der Waals surface area contributed by atoms with Gasteiger partial charge in [0.15, 0.2) is 4.34 Å². The second-order valence-electron chi connectivity index (χ2n) is 3.17. The van der Waals surface area contributed by atoms with Crippen LogP contribution in [0.15, 0.2) is 10.3 Å². The molecule has 1 N–H and O–H groups in total. The van der Waals surface area contributed by atoms with Crippen LogP contribution in [0.3, 0.4) is 0 Å². The molecule has 0 unspecified atom stereocenters. The molecule has 0 aliphatic heterocycles. The number of sulfonamides is 1. The number of halogens is 4. The molecule has 0 spiro atoms. The zero-order valence-corrected chi connectivity index (χ0v) is 12.5. The summed E-state index contributed by atoms with van der Waals surface area (Å²) in [5.74, 6) is -0.510. The summed E-state index contributed by atoms with van der Waals surface area (Å²) in [6.07, 6.45) is 0. The van der Waals surface area contributed by atoms with E-state index in [4.69, 9.17) is 11.6 Å². The van der Waals surface area contributed by atoms with Gasteiger partial charge >= 0.3 is 5.51 Å². The van der Waals surface area contributed by atoms with E-state index in [0.717, 1.165) is 6.07 Å². The van der Waals surface area contributed by atoms with Crippen molar-refractivity contribution in [1.29, 1.82) is 0 Å². The minimum Gasteiger partial charge on any atom is -0.258 e. The molecule has 0 fully saturated rings. The molecule has 0 bridgehead atoms. The van der Waals surface area contributed by atoms with Crippen molar-refractivity contribution >= 4 is 50.4 Å². The molecule has 0 saturated heterocycles. The predicted octanol–water partition coefficient (Wildman–Crippen LogP) is 2.84. The van der Waals surface area contributed by atoms with Crippen LogP contribution in [0, 0.1) is 10.1 Å². The van der Waals surface area contributed by atoms with E-state index in [1.807, 2.05) is 4.72 Å². The van der Waals surface area contributed by atoms with Gasteiger partial charge < -0.3 is 0 Å². The van der Waals surface area contributed by atoms with E-state index in [0.29, 0.717) is 11.3 Å². The highest BCUT2D eigenvalue weighted by Gasteiger charge is 2.28. The maximum absolute atomic E-state index is 11.8. The van der Waals surface area contributed by atoms with Crippen LogP contribution in [0.1, 0.15) is 0 Å². The predicted molar refractivity (Wildman–Crippen MR) is 69.7 cm³/mol. The molecular weight excluding hydrogens is 365 g/mol. The Morgan fingerprint density at radius 2 is 2.10 bits per heavy atom. The van der Waals surface area contributed by atoms with Crippen LogP contribution in [-0.2, 0) is 10.0 Å². The number of thioether (sulfide) groups is 1. The third kappa shape index (κ3) is 5.09. The molecule has 0 aliphatic carbocycles. The normalized spacial score (nSPS) is 12.6. The molecule has 114 valence electrons. The summed E-state index contributed by atoms with van der Waals surface area (Å²) in [4.78, 5) is 9.67. The van der Waals surface area contributed by atoms with Gasteiger partial charge in [0.2, 0.25) is 10.0 Å². The van der Waals surface area contributed by atoms with Gasteiger partial charge in [0.05, 0.1) is 4.92 Å². The van der Waals surface area contributed by atoms with E-state index in [9.17, 15) is 31.7 Å². The van der Waals surface area contributed by atoms with E-state index in [1.165, 1.54) is 0 Å². The van der Waals surface area contributed by atoms with E-state index < -0.39 is 42.6 Å². The molecule has 1 heterocycles. The molecule has 1 aromatic heterocycles. The van der Waals surface area contributed by atoms with Gasteiger partial charge in [-0.1, -0.05) is 11.6 Å². The molecule has 1 aromatic rings. The average Bonchev–Trinajstić information content (AvgIpc) is 2.66. The summed E-state index contributed by atoms with van der Waals surface area (Å²) in [6, 6.07) is 0.756.